The highest BCUT2D eigenvalue weighted by Crippen LogP contribution is 2.12. The summed E-state index contributed by atoms with van der Waals surface area (Å²) >= 11 is 4.10. The van der Waals surface area contributed by atoms with Crippen LogP contribution < -0.4 is 27.4 Å². The number of thiol groups is 1. The Bertz CT molecular complexity index is 805. The van der Waals surface area contributed by atoms with Crippen LogP contribution in [0.25, 0.3) is 0 Å². The van der Waals surface area contributed by atoms with Crippen LogP contribution in [0.3, 0.4) is 0 Å². The molecule has 33 heavy (non-hydrogen) atoms. The highest BCUT2D eigenvalue weighted by molar-refractivity contribution is 7.80. The monoisotopic (exact) mass is 483 g/mol. The van der Waals surface area contributed by atoms with Gasteiger partial charge in [0.1, 0.15) is 23.9 Å². The van der Waals surface area contributed by atoms with Crippen LogP contribution in [0.1, 0.15) is 31.7 Å². The molecule has 4 unspecified atom stereocenters. The van der Waals surface area contributed by atoms with Crippen LogP contribution in [0.15, 0.2) is 24.3 Å². The first kappa shape index (κ1) is 28.2. The number of nitrogens with one attached hydrogen (secondary N) is 3. The lowest BCUT2D eigenvalue weighted by molar-refractivity contribution is -0.142. The topological polar surface area (TPSA) is 197 Å². The molecule has 0 aliphatic carbocycles. The molecule has 0 aliphatic rings. The molecule has 184 valence electrons. The molecule has 0 heterocycles. The number of carbonyl (C=O) groups excluding carboxylic acids is 3. The fourth-order valence-electron chi connectivity index (χ4n) is 2.87. The van der Waals surface area contributed by atoms with Gasteiger partial charge in [-0.25, -0.2) is 4.79 Å². The number of hydrogen-bond acceptors (Lipinski definition) is 8. The van der Waals surface area contributed by atoms with Crippen molar-refractivity contribution in [2.24, 2.45) is 11.5 Å². The van der Waals surface area contributed by atoms with Crippen LogP contribution in [0.4, 0.5) is 0 Å². The quantitative estimate of drug-likeness (QED) is 0.120. The van der Waals surface area contributed by atoms with E-state index >= 15 is 0 Å². The summed E-state index contributed by atoms with van der Waals surface area (Å²) in [5.74, 6) is -3.18. The van der Waals surface area contributed by atoms with Crippen molar-refractivity contribution >= 4 is 36.3 Å². The summed E-state index contributed by atoms with van der Waals surface area (Å²) in [4.78, 5) is 49.1. The molecule has 4 atom stereocenters. The second kappa shape index (κ2) is 14.3. The molecular weight excluding hydrogens is 450 g/mol. The maximum Gasteiger partial charge on any atom is 0.326 e. The van der Waals surface area contributed by atoms with E-state index in [2.05, 4.69) is 28.6 Å². The molecule has 1 rings (SSSR count). The standard InChI is InChI=1S/C21H33N5O6S/c1-12(23)18(28)25-16(10-13-5-7-14(27)8-6-13)19(29)26-17(11-33)20(30)24-15(21(31)32)4-2-3-9-22/h5-8,12,15-17,27,33H,2-4,9-11,22-23H2,1H3,(H,24,30)(H,25,28)(H,26,29)(H,31,32). The minimum absolute atomic E-state index is 0.0469. The van der Waals surface area contributed by atoms with Crippen molar-refractivity contribution in [1.82, 2.24) is 16.0 Å². The zero-order valence-corrected chi connectivity index (χ0v) is 19.4. The van der Waals surface area contributed by atoms with E-state index in [1.54, 1.807) is 12.1 Å². The molecule has 3 amide bonds. The van der Waals surface area contributed by atoms with Crippen LogP contribution in [-0.2, 0) is 25.6 Å². The minimum atomic E-state index is -1.20. The molecule has 1 aromatic rings. The zero-order valence-electron chi connectivity index (χ0n) is 18.5. The Kier molecular flexibility index (Phi) is 12.3. The second-order valence-electron chi connectivity index (χ2n) is 7.65. The number of carboxylic acids is 1. The van der Waals surface area contributed by atoms with Crippen molar-refractivity contribution < 1.29 is 29.4 Å². The molecular formula is C21H33N5O6S. The SMILES string of the molecule is CC(N)C(=O)NC(Cc1ccc(O)cc1)C(=O)NC(CS)C(=O)NC(CCCCN)C(=O)O. The van der Waals surface area contributed by atoms with E-state index < -0.39 is 47.9 Å². The third-order valence-corrected chi connectivity index (χ3v) is 5.16. The Morgan fingerprint density at radius 3 is 2.00 bits per heavy atom. The zero-order chi connectivity index (χ0) is 25.0. The number of nitrogens with two attached hydrogens (primary N) is 2. The van der Waals surface area contributed by atoms with E-state index in [1.807, 2.05) is 0 Å². The number of phenolic OH excluding ortho intramolecular Hbond substituents is 1. The third kappa shape index (κ3) is 10.1. The lowest BCUT2D eigenvalue weighted by Gasteiger charge is -2.24. The Balaban J connectivity index is 2.91. The van der Waals surface area contributed by atoms with Gasteiger partial charge >= 0.3 is 5.97 Å². The largest absolute Gasteiger partial charge is 0.508 e. The first-order valence-corrected chi connectivity index (χ1v) is 11.2. The average Bonchev–Trinajstić information content (AvgIpc) is 2.77. The summed E-state index contributed by atoms with van der Waals surface area (Å²) in [5, 5.41) is 26.3. The van der Waals surface area contributed by atoms with Gasteiger partial charge in [0, 0.05) is 12.2 Å². The lowest BCUT2D eigenvalue weighted by atomic mass is 10.0. The molecule has 12 heteroatoms. The number of amides is 3. The number of benzene rings is 1. The molecule has 1 aromatic carbocycles. The highest BCUT2D eigenvalue weighted by atomic mass is 32.1. The van der Waals surface area contributed by atoms with Gasteiger partial charge in [-0.2, -0.15) is 12.6 Å². The van der Waals surface area contributed by atoms with Crippen LogP contribution in [0, 0.1) is 0 Å². The lowest BCUT2D eigenvalue weighted by Crippen LogP contribution is -2.58. The Morgan fingerprint density at radius 1 is 0.939 bits per heavy atom. The Morgan fingerprint density at radius 2 is 1.48 bits per heavy atom. The number of carbonyl (C=O) groups is 4. The molecule has 0 bridgehead atoms. The van der Waals surface area contributed by atoms with E-state index in [0.29, 0.717) is 24.9 Å². The summed E-state index contributed by atoms with van der Waals surface area (Å²) in [6, 6.07) is 1.87. The van der Waals surface area contributed by atoms with Gasteiger partial charge in [-0.3, -0.25) is 14.4 Å². The molecule has 0 saturated heterocycles. The number of unbranched alkanes of at least 4 members (excludes halogenated alkanes) is 1. The first-order chi connectivity index (χ1) is 15.6. The van der Waals surface area contributed by atoms with Gasteiger partial charge in [-0.1, -0.05) is 12.1 Å². The van der Waals surface area contributed by atoms with Gasteiger partial charge < -0.3 is 37.6 Å². The van der Waals surface area contributed by atoms with Crippen LogP contribution >= 0.6 is 12.6 Å². The van der Waals surface area contributed by atoms with Crippen LogP contribution in [0.5, 0.6) is 5.75 Å². The van der Waals surface area contributed by atoms with E-state index in [4.69, 9.17) is 11.5 Å². The van der Waals surface area contributed by atoms with Gasteiger partial charge in [-0.05, 0) is 50.4 Å². The third-order valence-electron chi connectivity index (χ3n) is 4.80. The molecule has 0 saturated carbocycles. The number of aliphatic carboxylic acids is 1. The predicted molar refractivity (Wildman–Crippen MR) is 126 cm³/mol. The maximum atomic E-state index is 12.9. The highest BCUT2D eigenvalue weighted by Gasteiger charge is 2.29. The average molecular weight is 484 g/mol. The normalized spacial score (nSPS) is 14.4. The van der Waals surface area contributed by atoms with Gasteiger partial charge in [0.15, 0.2) is 0 Å². The van der Waals surface area contributed by atoms with Crippen molar-refractivity contribution in [2.45, 2.75) is 56.8 Å². The maximum absolute atomic E-state index is 12.9. The van der Waals surface area contributed by atoms with Crippen molar-refractivity contribution in [3.05, 3.63) is 29.8 Å². The Labute approximate surface area is 198 Å². The van der Waals surface area contributed by atoms with E-state index in [9.17, 15) is 29.4 Å². The van der Waals surface area contributed by atoms with Gasteiger partial charge in [0.25, 0.3) is 0 Å². The molecule has 11 nitrogen and oxygen atoms in total. The number of rotatable bonds is 14. The van der Waals surface area contributed by atoms with Crippen molar-refractivity contribution in [2.75, 3.05) is 12.3 Å². The number of carboxylic acid groups (broad SMARTS) is 1. The summed E-state index contributed by atoms with van der Waals surface area (Å²) < 4.78 is 0. The summed E-state index contributed by atoms with van der Waals surface area (Å²) in [7, 11) is 0. The van der Waals surface area contributed by atoms with Crippen LogP contribution in [-0.4, -0.2) is 70.4 Å². The fraction of sp³-hybridized carbons (Fsp3) is 0.524. The molecule has 0 radical (unpaired) electrons. The first-order valence-electron chi connectivity index (χ1n) is 10.6. The van der Waals surface area contributed by atoms with E-state index in [1.165, 1.54) is 19.1 Å². The molecule has 0 spiro atoms. The van der Waals surface area contributed by atoms with E-state index in [0.717, 1.165) is 0 Å². The van der Waals surface area contributed by atoms with E-state index in [-0.39, 0.29) is 24.3 Å². The molecule has 0 fully saturated rings. The Hall–Kier alpha value is -2.83. The summed E-state index contributed by atoms with van der Waals surface area (Å²) in [6.45, 7) is 1.87. The van der Waals surface area contributed by atoms with Gasteiger partial charge in [-0.15, -0.1) is 0 Å². The van der Waals surface area contributed by atoms with Crippen molar-refractivity contribution in [3.8, 4) is 5.75 Å². The summed E-state index contributed by atoms with van der Waals surface area (Å²) in [5.41, 5.74) is 11.7. The molecule has 0 aliphatic heterocycles. The number of hydrogen-bond donors (Lipinski definition) is 8. The summed E-state index contributed by atoms with van der Waals surface area (Å²) in [6.07, 6.45) is 1.40. The van der Waals surface area contributed by atoms with Gasteiger partial charge in [0.05, 0.1) is 6.04 Å². The van der Waals surface area contributed by atoms with Crippen LogP contribution in [0.2, 0.25) is 0 Å². The fourth-order valence-corrected chi connectivity index (χ4v) is 3.13. The molecule has 9 N–H and O–H groups in total. The minimum Gasteiger partial charge on any atom is -0.508 e. The van der Waals surface area contributed by atoms with Gasteiger partial charge in [0.2, 0.25) is 17.7 Å². The van der Waals surface area contributed by atoms with Crippen molar-refractivity contribution in [3.63, 3.8) is 0 Å². The number of phenols is 1. The predicted octanol–water partition coefficient (Wildman–Crippen LogP) is -1.12. The second-order valence-corrected chi connectivity index (χ2v) is 8.01. The van der Waals surface area contributed by atoms with Crippen molar-refractivity contribution in [1.29, 1.82) is 0 Å². The number of aromatic hydroxyl groups is 1. The smallest absolute Gasteiger partial charge is 0.326 e. The molecule has 0 aromatic heterocycles.